The summed E-state index contributed by atoms with van der Waals surface area (Å²) in [6, 6.07) is 0.836. The van der Waals surface area contributed by atoms with Crippen LogP contribution in [0.15, 0.2) is 18.5 Å². The summed E-state index contributed by atoms with van der Waals surface area (Å²) in [5, 5.41) is 8.10. The van der Waals surface area contributed by atoms with Gasteiger partial charge in [0.15, 0.2) is 0 Å². The monoisotopic (exact) mass is 225 g/mol. The molecule has 0 amide bonds. The van der Waals surface area contributed by atoms with Gasteiger partial charge in [-0.05, 0) is 0 Å². The van der Waals surface area contributed by atoms with Crippen molar-refractivity contribution in [2.45, 2.75) is 6.36 Å². The Labute approximate surface area is 83.9 Å². The zero-order valence-corrected chi connectivity index (χ0v) is 7.50. The van der Waals surface area contributed by atoms with Crippen LogP contribution in [-0.2, 0) is 4.79 Å². The second-order valence-electron chi connectivity index (χ2n) is 2.11. The number of carboxylic acids is 1. The van der Waals surface area contributed by atoms with E-state index in [1.54, 1.807) is 0 Å². The summed E-state index contributed by atoms with van der Waals surface area (Å²) in [6.45, 7) is 0. The van der Waals surface area contributed by atoms with E-state index < -0.39 is 18.1 Å². The maximum atomic E-state index is 12.4. The van der Waals surface area contributed by atoms with Crippen LogP contribution in [-0.4, -0.2) is 22.4 Å². The van der Waals surface area contributed by atoms with Crippen molar-refractivity contribution in [3.8, 4) is 5.75 Å². The van der Waals surface area contributed by atoms with Crippen LogP contribution in [0.1, 0.15) is 0 Å². The van der Waals surface area contributed by atoms with Crippen LogP contribution < -0.4 is 4.74 Å². The minimum absolute atomic E-state index is 0. The fourth-order valence-electron chi connectivity index (χ4n) is 0.627. The predicted octanol–water partition coefficient (Wildman–Crippen LogP) is 1.40. The largest absolute Gasteiger partial charge is 0.476 e. The van der Waals surface area contributed by atoms with Gasteiger partial charge in [-0.1, -0.05) is 0 Å². The Bertz CT molecular complexity index is 324. The van der Waals surface area contributed by atoms with E-state index >= 15 is 0 Å². The van der Waals surface area contributed by atoms with Crippen molar-refractivity contribution < 1.29 is 23.4 Å². The summed E-state index contributed by atoms with van der Waals surface area (Å²) in [5.74, 6) is -2.77. The van der Waals surface area contributed by atoms with Gasteiger partial charge in [0, 0.05) is 6.07 Å². The topological polar surface area (TPSA) is 59.4 Å². The molecule has 1 aromatic heterocycles. The minimum Gasteiger partial charge on any atom is -0.476 e. The molecule has 0 aromatic carbocycles. The molecule has 14 heavy (non-hydrogen) atoms. The van der Waals surface area contributed by atoms with Gasteiger partial charge < -0.3 is 9.84 Å². The number of halogens is 3. The molecule has 0 bridgehead atoms. The number of aliphatic carboxylic acids is 1. The third-order valence-electron chi connectivity index (χ3n) is 1.11. The van der Waals surface area contributed by atoms with Gasteiger partial charge in [0.25, 0.3) is 0 Å². The van der Waals surface area contributed by atoms with Crippen molar-refractivity contribution >= 4 is 18.4 Å². The number of pyridine rings is 1. The van der Waals surface area contributed by atoms with E-state index in [1.807, 2.05) is 0 Å². The summed E-state index contributed by atoms with van der Waals surface area (Å²) in [7, 11) is 0. The Morgan fingerprint density at radius 1 is 1.57 bits per heavy atom. The Morgan fingerprint density at radius 3 is 2.71 bits per heavy atom. The number of ether oxygens (including phenoxy) is 1. The smallest absolute Gasteiger partial charge is 0.378 e. The molecular formula is C7H6ClF2NO3. The van der Waals surface area contributed by atoms with Gasteiger partial charge in [-0.3, -0.25) is 4.98 Å². The highest BCUT2D eigenvalue weighted by atomic mass is 35.5. The molecule has 1 rings (SSSR count). The molecule has 0 aliphatic carbocycles. The second kappa shape index (κ2) is 5.33. The van der Waals surface area contributed by atoms with Gasteiger partial charge in [-0.2, -0.15) is 4.39 Å². The molecule has 0 radical (unpaired) electrons. The SMILES string of the molecule is Cl.O=C(O)C(F)Oc1cncc(F)c1. The van der Waals surface area contributed by atoms with Gasteiger partial charge in [0.05, 0.1) is 12.4 Å². The molecular weight excluding hydrogens is 220 g/mol. The summed E-state index contributed by atoms with van der Waals surface area (Å²) in [4.78, 5) is 13.3. The summed E-state index contributed by atoms with van der Waals surface area (Å²) >= 11 is 0. The quantitative estimate of drug-likeness (QED) is 0.845. The molecule has 1 atom stereocenters. The fourth-order valence-corrected chi connectivity index (χ4v) is 0.627. The Morgan fingerprint density at radius 2 is 2.21 bits per heavy atom. The number of hydrogen-bond acceptors (Lipinski definition) is 3. The summed E-state index contributed by atoms with van der Waals surface area (Å²) < 4.78 is 29.0. The lowest BCUT2D eigenvalue weighted by atomic mass is 10.4. The van der Waals surface area contributed by atoms with Crippen molar-refractivity contribution in [2.24, 2.45) is 0 Å². The molecule has 1 aromatic rings. The van der Waals surface area contributed by atoms with Crippen LogP contribution in [0.25, 0.3) is 0 Å². The maximum Gasteiger partial charge on any atom is 0.378 e. The molecule has 1 N–H and O–H groups in total. The first-order chi connectivity index (χ1) is 6.09. The van der Waals surface area contributed by atoms with Crippen molar-refractivity contribution in [3.63, 3.8) is 0 Å². The lowest BCUT2D eigenvalue weighted by Crippen LogP contribution is -2.21. The minimum atomic E-state index is -2.51. The third-order valence-corrected chi connectivity index (χ3v) is 1.11. The molecule has 0 saturated carbocycles. The Kier molecular flexibility index (Phi) is 4.79. The van der Waals surface area contributed by atoms with Crippen molar-refractivity contribution in [2.75, 3.05) is 0 Å². The van der Waals surface area contributed by atoms with Gasteiger partial charge in [0.2, 0.25) is 0 Å². The number of carbonyl (C=O) groups is 1. The van der Waals surface area contributed by atoms with Gasteiger partial charge in [-0.15, -0.1) is 12.4 Å². The fraction of sp³-hybridized carbons (Fsp3) is 0.143. The first-order valence-corrected chi connectivity index (χ1v) is 3.23. The van der Waals surface area contributed by atoms with Gasteiger partial charge in [0.1, 0.15) is 11.6 Å². The van der Waals surface area contributed by atoms with E-state index in [1.165, 1.54) is 0 Å². The molecule has 78 valence electrons. The van der Waals surface area contributed by atoms with Crippen LogP contribution >= 0.6 is 12.4 Å². The molecule has 0 saturated heterocycles. The third kappa shape index (κ3) is 3.53. The van der Waals surface area contributed by atoms with E-state index in [4.69, 9.17) is 5.11 Å². The highest BCUT2D eigenvalue weighted by molar-refractivity contribution is 5.85. The van der Waals surface area contributed by atoms with E-state index in [0.29, 0.717) is 0 Å². The van der Waals surface area contributed by atoms with Crippen LogP contribution in [0.5, 0.6) is 5.75 Å². The van der Waals surface area contributed by atoms with E-state index in [0.717, 1.165) is 18.5 Å². The van der Waals surface area contributed by atoms with Crippen molar-refractivity contribution in [3.05, 3.63) is 24.3 Å². The zero-order chi connectivity index (χ0) is 9.84. The number of aromatic nitrogens is 1. The van der Waals surface area contributed by atoms with Gasteiger partial charge >= 0.3 is 12.3 Å². The number of rotatable bonds is 3. The van der Waals surface area contributed by atoms with E-state index in [-0.39, 0.29) is 18.2 Å². The lowest BCUT2D eigenvalue weighted by Gasteiger charge is -2.05. The average Bonchev–Trinajstić information content (AvgIpc) is 2.04. The van der Waals surface area contributed by atoms with E-state index in [2.05, 4.69) is 9.72 Å². The number of carboxylic acid groups (broad SMARTS) is 1. The van der Waals surface area contributed by atoms with Crippen LogP contribution in [0.2, 0.25) is 0 Å². The van der Waals surface area contributed by atoms with Crippen LogP contribution in [0, 0.1) is 5.82 Å². The van der Waals surface area contributed by atoms with Crippen molar-refractivity contribution in [1.82, 2.24) is 4.98 Å². The average molecular weight is 226 g/mol. The molecule has 7 heteroatoms. The highest BCUT2D eigenvalue weighted by Crippen LogP contribution is 2.12. The molecule has 0 aliphatic heterocycles. The first-order valence-electron chi connectivity index (χ1n) is 3.23. The zero-order valence-electron chi connectivity index (χ0n) is 6.68. The standard InChI is InChI=1S/C7H5F2NO3.ClH/c8-4-1-5(3-10-2-4)13-6(9)7(11)12;/h1-3,6H,(H,11,12);1H. The van der Waals surface area contributed by atoms with Crippen LogP contribution in [0.4, 0.5) is 8.78 Å². The van der Waals surface area contributed by atoms with Crippen molar-refractivity contribution in [1.29, 1.82) is 0 Å². The molecule has 1 unspecified atom stereocenters. The number of hydrogen-bond donors (Lipinski definition) is 1. The maximum absolute atomic E-state index is 12.4. The lowest BCUT2D eigenvalue weighted by molar-refractivity contribution is -0.153. The predicted molar refractivity (Wildman–Crippen MR) is 44.6 cm³/mol. The number of alkyl halides is 1. The van der Waals surface area contributed by atoms with Gasteiger partial charge in [-0.25, -0.2) is 9.18 Å². The molecule has 1 heterocycles. The molecule has 0 fully saturated rings. The Hall–Kier alpha value is -1.43. The second-order valence-corrected chi connectivity index (χ2v) is 2.11. The molecule has 0 aliphatic rings. The number of nitrogens with zero attached hydrogens (tertiary/aromatic N) is 1. The molecule has 4 nitrogen and oxygen atoms in total. The highest BCUT2D eigenvalue weighted by Gasteiger charge is 2.17. The Balaban J connectivity index is 0.00000169. The summed E-state index contributed by atoms with van der Waals surface area (Å²) in [6.07, 6.45) is -0.608. The summed E-state index contributed by atoms with van der Waals surface area (Å²) in [5.41, 5.74) is 0. The van der Waals surface area contributed by atoms with Crippen LogP contribution in [0.3, 0.4) is 0 Å². The van der Waals surface area contributed by atoms with E-state index in [9.17, 15) is 13.6 Å². The first kappa shape index (κ1) is 12.6. The molecule has 0 spiro atoms. The normalized spacial score (nSPS) is 11.3.